The second kappa shape index (κ2) is 5.83. The van der Waals surface area contributed by atoms with Crippen molar-refractivity contribution in [1.82, 2.24) is 19.9 Å². The van der Waals surface area contributed by atoms with Crippen molar-refractivity contribution in [2.75, 3.05) is 13.1 Å². The van der Waals surface area contributed by atoms with E-state index < -0.39 is 0 Å². The fourth-order valence-corrected chi connectivity index (χ4v) is 3.34. The van der Waals surface area contributed by atoms with Crippen molar-refractivity contribution in [3.63, 3.8) is 0 Å². The van der Waals surface area contributed by atoms with E-state index in [4.69, 9.17) is 0 Å². The molecule has 1 atom stereocenters. The van der Waals surface area contributed by atoms with Gasteiger partial charge in [0.05, 0.1) is 17.4 Å². The van der Waals surface area contributed by atoms with Gasteiger partial charge in [0, 0.05) is 25.5 Å². The number of rotatable bonds is 3. The van der Waals surface area contributed by atoms with Gasteiger partial charge in [0.25, 0.3) is 5.91 Å². The number of nitrogens with zero attached hydrogens (tertiary/aromatic N) is 3. The van der Waals surface area contributed by atoms with Crippen molar-refractivity contribution in [1.29, 1.82) is 0 Å². The first-order valence-corrected chi connectivity index (χ1v) is 7.91. The van der Waals surface area contributed by atoms with E-state index in [0.29, 0.717) is 11.5 Å². The van der Waals surface area contributed by atoms with Crippen molar-refractivity contribution < 1.29 is 4.79 Å². The average Bonchev–Trinajstić information content (AvgIpc) is 3.24. The number of carbonyl (C=O) groups is 1. The van der Waals surface area contributed by atoms with Crippen LogP contribution in [0, 0.1) is 5.92 Å². The molecule has 1 aliphatic heterocycles. The molecule has 0 spiro atoms. The number of hydrogen-bond acceptors (Lipinski definition) is 3. The van der Waals surface area contributed by atoms with Crippen molar-refractivity contribution in [3.8, 4) is 0 Å². The second-order valence-corrected chi connectivity index (χ2v) is 6.07. The summed E-state index contributed by atoms with van der Waals surface area (Å²) in [5.41, 5.74) is 3.64. The third kappa shape index (κ3) is 2.70. The van der Waals surface area contributed by atoms with Gasteiger partial charge in [-0.1, -0.05) is 6.07 Å². The Bertz CT molecular complexity index is 827. The molecule has 2 aromatic heterocycles. The molecule has 1 N–H and O–H groups in total. The highest BCUT2D eigenvalue weighted by Crippen LogP contribution is 2.24. The molecule has 1 aromatic carbocycles. The van der Waals surface area contributed by atoms with Crippen LogP contribution in [-0.4, -0.2) is 38.8 Å². The SMILES string of the molecule is O=C(c1cccc2[nH]cnc12)N1CCC(Cc2ccncc2)C1. The molecule has 0 bridgehead atoms. The van der Waals surface area contributed by atoms with Crippen LogP contribution in [0.25, 0.3) is 11.0 Å². The van der Waals surface area contributed by atoms with Gasteiger partial charge in [-0.2, -0.15) is 0 Å². The van der Waals surface area contributed by atoms with Crippen LogP contribution < -0.4 is 0 Å². The van der Waals surface area contributed by atoms with E-state index in [1.54, 1.807) is 6.33 Å². The number of H-pyrrole nitrogens is 1. The molecule has 0 aliphatic carbocycles. The Kier molecular flexibility index (Phi) is 3.54. The molecule has 5 heteroatoms. The molecule has 0 radical (unpaired) electrons. The van der Waals surface area contributed by atoms with Gasteiger partial charge in [0.1, 0.15) is 5.52 Å². The molecule has 1 aliphatic rings. The lowest BCUT2D eigenvalue weighted by atomic mass is 10.00. The molecule has 23 heavy (non-hydrogen) atoms. The van der Waals surface area contributed by atoms with Gasteiger partial charge < -0.3 is 9.88 Å². The Labute approximate surface area is 134 Å². The maximum Gasteiger partial charge on any atom is 0.256 e. The number of amides is 1. The molecule has 3 heterocycles. The number of pyridine rings is 1. The lowest BCUT2D eigenvalue weighted by Crippen LogP contribution is -2.29. The Morgan fingerprint density at radius 2 is 2.13 bits per heavy atom. The van der Waals surface area contributed by atoms with Crippen LogP contribution in [0.2, 0.25) is 0 Å². The molecule has 4 rings (SSSR count). The third-order valence-electron chi connectivity index (χ3n) is 4.53. The predicted molar refractivity (Wildman–Crippen MR) is 88.0 cm³/mol. The third-order valence-corrected chi connectivity index (χ3v) is 4.53. The minimum Gasteiger partial charge on any atom is -0.345 e. The second-order valence-electron chi connectivity index (χ2n) is 6.07. The summed E-state index contributed by atoms with van der Waals surface area (Å²) in [6.45, 7) is 1.62. The Morgan fingerprint density at radius 1 is 1.26 bits per heavy atom. The van der Waals surface area contributed by atoms with Gasteiger partial charge in [0.2, 0.25) is 0 Å². The number of hydrogen-bond donors (Lipinski definition) is 1. The highest BCUT2D eigenvalue weighted by molar-refractivity contribution is 6.04. The number of aromatic amines is 1. The molecule has 5 nitrogen and oxygen atoms in total. The van der Waals surface area contributed by atoms with Gasteiger partial charge in [-0.05, 0) is 48.6 Å². The molecular formula is C18H18N4O. The van der Waals surface area contributed by atoms with Crippen LogP contribution in [0.4, 0.5) is 0 Å². The molecule has 1 amide bonds. The average molecular weight is 306 g/mol. The largest absolute Gasteiger partial charge is 0.345 e. The minimum absolute atomic E-state index is 0.0833. The monoisotopic (exact) mass is 306 g/mol. The number of aromatic nitrogens is 3. The van der Waals surface area contributed by atoms with E-state index in [0.717, 1.165) is 37.0 Å². The smallest absolute Gasteiger partial charge is 0.256 e. The highest BCUT2D eigenvalue weighted by atomic mass is 16.2. The Hall–Kier alpha value is -2.69. The number of likely N-dealkylation sites (tertiary alicyclic amines) is 1. The standard InChI is InChI=1S/C18H18N4O/c23-18(15-2-1-3-16-17(15)21-12-20-16)22-9-6-14(11-22)10-13-4-7-19-8-5-13/h1-5,7-8,12,14H,6,9-11H2,(H,20,21). The van der Waals surface area contributed by atoms with E-state index in [-0.39, 0.29) is 5.91 Å². The summed E-state index contributed by atoms with van der Waals surface area (Å²) >= 11 is 0. The first-order valence-electron chi connectivity index (χ1n) is 7.91. The van der Waals surface area contributed by atoms with E-state index in [2.05, 4.69) is 27.1 Å². The number of imidazole rings is 1. The fraction of sp³-hybridized carbons (Fsp3) is 0.278. The topological polar surface area (TPSA) is 61.9 Å². The Morgan fingerprint density at radius 3 is 3.00 bits per heavy atom. The number of carbonyl (C=O) groups excluding carboxylic acids is 1. The Balaban J connectivity index is 1.49. The molecule has 1 unspecified atom stereocenters. The van der Waals surface area contributed by atoms with Gasteiger partial charge >= 0.3 is 0 Å². The van der Waals surface area contributed by atoms with Gasteiger partial charge in [-0.3, -0.25) is 9.78 Å². The van der Waals surface area contributed by atoms with Gasteiger partial charge in [-0.15, -0.1) is 0 Å². The zero-order valence-electron chi connectivity index (χ0n) is 12.8. The molecular weight excluding hydrogens is 288 g/mol. The van der Waals surface area contributed by atoms with Crippen molar-refractivity contribution in [2.45, 2.75) is 12.8 Å². The van der Waals surface area contributed by atoms with Crippen molar-refractivity contribution >= 4 is 16.9 Å². The quantitative estimate of drug-likeness (QED) is 0.809. The lowest BCUT2D eigenvalue weighted by Gasteiger charge is -2.17. The molecule has 1 saturated heterocycles. The summed E-state index contributed by atoms with van der Waals surface area (Å²) in [4.78, 5) is 26.2. The number of para-hydroxylation sites is 1. The zero-order valence-corrected chi connectivity index (χ0v) is 12.8. The minimum atomic E-state index is 0.0833. The summed E-state index contributed by atoms with van der Waals surface area (Å²) in [7, 11) is 0. The molecule has 1 fully saturated rings. The van der Waals surface area contributed by atoms with E-state index in [1.165, 1.54) is 5.56 Å². The van der Waals surface area contributed by atoms with Crippen LogP contribution in [0.5, 0.6) is 0 Å². The van der Waals surface area contributed by atoms with Gasteiger partial charge in [0.15, 0.2) is 0 Å². The number of benzene rings is 1. The first kappa shape index (κ1) is 13.9. The summed E-state index contributed by atoms with van der Waals surface area (Å²) in [6.07, 6.45) is 7.33. The van der Waals surface area contributed by atoms with Crippen molar-refractivity contribution in [3.05, 3.63) is 60.2 Å². The molecule has 0 saturated carbocycles. The summed E-state index contributed by atoms with van der Waals surface area (Å²) in [5.74, 6) is 0.597. The fourth-order valence-electron chi connectivity index (χ4n) is 3.34. The maximum absolute atomic E-state index is 12.8. The van der Waals surface area contributed by atoms with Crippen LogP contribution in [0.1, 0.15) is 22.3 Å². The van der Waals surface area contributed by atoms with Gasteiger partial charge in [-0.25, -0.2) is 4.98 Å². The first-order chi connectivity index (χ1) is 11.3. The molecule has 3 aromatic rings. The predicted octanol–water partition coefficient (Wildman–Crippen LogP) is 2.66. The lowest BCUT2D eigenvalue weighted by molar-refractivity contribution is 0.0789. The van der Waals surface area contributed by atoms with Crippen LogP contribution in [0.15, 0.2) is 49.1 Å². The maximum atomic E-state index is 12.8. The van der Waals surface area contributed by atoms with Crippen molar-refractivity contribution in [2.24, 2.45) is 5.92 Å². The van der Waals surface area contributed by atoms with E-state index in [1.807, 2.05) is 35.5 Å². The van der Waals surface area contributed by atoms with E-state index >= 15 is 0 Å². The molecule has 116 valence electrons. The van der Waals surface area contributed by atoms with Crippen LogP contribution in [-0.2, 0) is 6.42 Å². The summed E-state index contributed by atoms with van der Waals surface area (Å²) in [6, 6.07) is 9.80. The van der Waals surface area contributed by atoms with Crippen LogP contribution in [0.3, 0.4) is 0 Å². The van der Waals surface area contributed by atoms with E-state index in [9.17, 15) is 4.79 Å². The highest BCUT2D eigenvalue weighted by Gasteiger charge is 2.28. The number of fused-ring (bicyclic) bond motifs is 1. The normalized spacial score (nSPS) is 17.7. The van der Waals surface area contributed by atoms with Crippen LogP contribution >= 0.6 is 0 Å². The summed E-state index contributed by atoms with van der Waals surface area (Å²) in [5, 5.41) is 0. The number of nitrogens with one attached hydrogen (secondary N) is 1. The summed E-state index contributed by atoms with van der Waals surface area (Å²) < 4.78 is 0. The zero-order chi connectivity index (χ0) is 15.6.